The second kappa shape index (κ2) is 6.07. The van der Waals surface area contributed by atoms with E-state index in [2.05, 4.69) is 15.1 Å². The van der Waals surface area contributed by atoms with Gasteiger partial charge in [-0.2, -0.15) is 10.1 Å². The highest BCUT2D eigenvalue weighted by Crippen LogP contribution is 2.26. The predicted molar refractivity (Wildman–Crippen MR) is 95.7 cm³/mol. The van der Waals surface area contributed by atoms with Gasteiger partial charge in [0.15, 0.2) is 5.65 Å². The summed E-state index contributed by atoms with van der Waals surface area (Å²) in [7, 11) is 0. The summed E-state index contributed by atoms with van der Waals surface area (Å²) < 4.78 is 7.35. The normalized spacial score (nSPS) is 11.0. The summed E-state index contributed by atoms with van der Waals surface area (Å²) in [4.78, 5) is 19.4. The molecule has 0 saturated carbocycles. The molecule has 0 aliphatic heterocycles. The molecule has 0 aliphatic carbocycles. The number of hydrogen-bond donors (Lipinski definition) is 1. The molecule has 2 aromatic carbocycles. The molecule has 0 saturated heterocycles. The Morgan fingerprint density at radius 3 is 2.76 bits per heavy atom. The summed E-state index contributed by atoms with van der Waals surface area (Å²) in [6.07, 6.45) is 1.49. The zero-order chi connectivity index (χ0) is 17.4. The van der Waals surface area contributed by atoms with Gasteiger partial charge in [0.25, 0.3) is 5.56 Å². The molecular formula is C18H13ClN4O2. The maximum atomic E-state index is 12.3. The Balaban J connectivity index is 1.83. The van der Waals surface area contributed by atoms with E-state index < -0.39 is 0 Å². The van der Waals surface area contributed by atoms with Crippen molar-refractivity contribution in [3.63, 3.8) is 0 Å². The minimum absolute atomic E-state index is 0.0838. The largest absolute Gasteiger partial charge is 0.425 e. The number of benzene rings is 2. The summed E-state index contributed by atoms with van der Waals surface area (Å²) in [5, 5.41) is 5.19. The number of nitrogens with one attached hydrogen (secondary N) is 1. The number of ether oxygens (including phenoxy) is 1. The lowest BCUT2D eigenvalue weighted by Crippen LogP contribution is -2.10. The topological polar surface area (TPSA) is 72.8 Å². The van der Waals surface area contributed by atoms with E-state index in [4.69, 9.17) is 16.3 Å². The van der Waals surface area contributed by atoms with E-state index in [9.17, 15) is 4.79 Å². The second-order valence-corrected chi connectivity index (χ2v) is 5.95. The second-order valence-electron chi connectivity index (χ2n) is 5.51. The lowest BCUT2D eigenvalue weighted by Gasteiger charge is -2.08. The van der Waals surface area contributed by atoms with Crippen LogP contribution in [-0.4, -0.2) is 19.7 Å². The molecule has 6 nitrogen and oxygen atoms in total. The summed E-state index contributed by atoms with van der Waals surface area (Å²) in [6, 6.07) is 14.8. The van der Waals surface area contributed by atoms with Gasteiger partial charge in [-0.05, 0) is 36.8 Å². The maximum absolute atomic E-state index is 12.3. The Morgan fingerprint density at radius 1 is 1.16 bits per heavy atom. The zero-order valence-electron chi connectivity index (χ0n) is 13.2. The molecule has 0 unspecified atom stereocenters. The molecule has 0 spiro atoms. The molecule has 0 atom stereocenters. The zero-order valence-corrected chi connectivity index (χ0v) is 14.0. The van der Waals surface area contributed by atoms with Gasteiger partial charge < -0.3 is 4.74 Å². The Hall–Kier alpha value is -3.12. The van der Waals surface area contributed by atoms with Crippen LogP contribution in [-0.2, 0) is 0 Å². The van der Waals surface area contributed by atoms with Gasteiger partial charge in [0.1, 0.15) is 11.1 Å². The Kier molecular flexibility index (Phi) is 3.74. The van der Waals surface area contributed by atoms with E-state index in [0.717, 1.165) is 11.3 Å². The van der Waals surface area contributed by atoms with Crippen molar-refractivity contribution in [2.75, 3.05) is 0 Å². The number of fused-ring (bicyclic) bond motifs is 1. The number of aromatic amines is 1. The van der Waals surface area contributed by atoms with Gasteiger partial charge in [-0.3, -0.25) is 9.78 Å². The molecule has 4 rings (SSSR count). The highest BCUT2D eigenvalue weighted by molar-refractivity contribution is 6.30. The summed E-state index contributed by atoms with van der Waals surface area (Å²) in [5.74, 6) is 0.528. The summed E-state index contributed by atoms with van der Waals surface area (Å²) in [6.45, 7) is 1.89. The standard InChI is InChI=1S/C18H13ClN4O2/c1-11-7-8-12(19)9-15(11)25-18-21-16-14(17(24)22-18)10-20-23(16)13-5-3-2-4-6-13/h2-10H,1H3,(H,21,22,24). The number of aromatic nitrogens is 4. The predicted octanol–water partition coefficient (Wildman–Crippen LogP) is 3.86. The molecule has 25 heavy (non-hydrogen) atoms. The van der Waals surface area contributed by atoms with Crippen molar-refractivity contribution in [2.24, 2.45) is 0 Å². The maximum Gasteiger partial charge on any atom is 0.304 e. The van der Waals surface area contributed by atoms with E-state index in [1.54, 1.807) is 16.8 Å². The molecule has 0 fully saturated rings. The van der Waals surface area contributed by atoms with Crippen LogP contribution in [0.4, 0.5) is 0 Å². The van der Waals surface area contributed by atoms with Gasteiger partial charge in [-0.1, -0.05) is 35.9 Å². The Bertz CT molecular complexity index is 1120. The van der Waals surface area contributed by atoms with E-state index in [-0.39, 0.29) is 11.6 Å². The smallest absolute Gasteiger partial charge is 0.304 e. The van der Waals surface area contributed by atoms with Crippen LogP contribution in [0.5, 0.6) is 11.8 Å². The van der Waals surface area contributed by atoms with Gasteiger partial charge in [-0.15, -0.1) is 0 Å². The summed E-state index contributed by atoms with van der Waals surface area (Å²) in [5.41, 5.74) is 1.79. The van der Waals surface area contributed by atoms with E-state index in [0.29, 0.717) is 21.8 Å². The van der Waals surface area contributed by atoms with Crippen molar-refractivity contribution in [3.05, 3.63) is 75.7 Å². The van der Waals surface area contributed by atoms with Crippen LogP contribution in [0.2, 0.25) is 5.02 Å². The lowest BCUT2D eigenvalue weighted by molar-refractivity contribution is 0.439. The molecule has 124 valence electrons. The first-order chi connectivity index (χ1) is 12.1. The van der Waals surface area contributed by atoms with Crippen LogP contribution >= 0.6 is 11.6 Å². The third-order valence-corrected chi connectivity index (χ3v) is 4.01. The number of nitrogens with zero attached hydrogens (tertiary/aromatic N) is 3. The first kappa shape index (κ1) is 15.4. The van der Waals surface area contributed by atoms with Crippen LogP contribution in [0.3, 0.4) is 0 Å². The molecule has 7 heteroatoms. The minimum Gasteiger partial charge on any atom is -0.425 e. The van der Waals surface area contributed by atoms with Gasteiger partial charge in [0.05, 0.1) is 11.9 Å². The van der Waals surface area contributed by atoms with E-state index in [1.165, 1.54) is 6.20 Å². The number of aryl methyl sites for hydroxylation is 1. The number of rotatable bonds is 3. The molecule has 0 radical (unpaired) electrons. The van der Waals surface area contributed by atoms with Crippen LogP contribution in [0.15, 0.2) is 59.5 Å². The fraction of sp³-hybridized carbons (Fsp3) is 0.0556. The van der Waals surface area contributed by atoms with Gasteiger partial charge in [-0.25, -0.2) is 4.68 Å². The molecule has 2 aromatic heterocycles. The third-order valence-electron chi connectivity index (χ3n) is 3.77. The van der Waals surface area contributed by atoms with Crippen molar-refractivity contribution in [1.29, 1.82) is 0 Å². The van der Waals surface area contributed by atoms with Gasteiger partial charge in [0, 0.05) is 5.02 Å². The van der Waals surface area contributed by atoms with Crippen molar-refractivity contribution in [3.8, 4) is 17.4 Å². The number of halogens is 1. The molecular weight excluding hydrogens is 340 g/mol. The monoisotopic (exact) mass is 352 g/mol. The fourth-order valence-electron chi connectivity index (χ4n) is 2.49. The Morgan fingerprint density at radius 2 is 1.96 bits per heavy atom. The Labute approximate surface area is 147 Å². The minimum atomic E-state index is -0.318. The fourth-order valence-corrected chi connectivity index (χ4v) is 2.65. The molecule has 2 heterocycles. The third kappa shape index (κ3) is 2.88. The molecule has 0 bridgehead atoms. The highest BCUT2D eigenvalue weighted by Gasteiger charge is 2.13. The van der Waals surface area contributed by atoms with Crippen LogP contribution in [0.1, 0.15) is 5.56 Å². The molecule has 0 amide bonds. The molecule has 4 aromatic rings. The average Bonchev–Trinajstić information content (AvgIpc) is 3.03. The van der Waals surface area contributed by atoms with Crippen molar-refractivity contribution >= 4 is 22.6 Å². The first-order valence-corrected chi connectivity index (χ1v) is 7.97. The van der Waals surface area contributed by atoms with E-state index >= 15 is 0 Å². The SMILES string of the molecule is Cc1ccc(Cl)cc1Oc1nc2c(cnn2-c2ccccc2)c(=O)[nH]1. The van der Waals surface area contributed by atoms with E-state index in [1.807, 2.05) is 43.3 Å². The first-order valence-electron chi connectivity index (χ1n) is 7.59. The number of H-pyrrole nitrogens is 1. The molecule has 0 aliphatic rings. The van der Waals surface area contributed by atoms with Crippen molar-refractivity contribution < 1.29 is 4.74 Å². The lowest BCUT2D eigenvalue weighted by atomic mass is 10.2. The quantitative estimate of drug-likeness (QED) is 0.607. The van der Waals surface area contributed by atoms with Crippen molar-refractivity contribution in [1.82, 2.24) is 19.7 Å². The highest BCUT2D eigenvalue weighted by atomic mass is 35.5. The number of para-hydroxylation sites is 1. The van der Waals surface area contributed by atoms with Gasteiger partial charge >= 0.3 is 6.01 Å². The average molecular weight is 353 g/mol. The number of hydrogen-bond acceptors (Lipinski definition) is 4. The van der Waals surface area contributed by atoms with Crippen LogP contribution in [0, 0.1) is 6.92 Å². The summed E-state index contributed by atoms with van der Waals surface area (Å²) >= 11 is 6.01. The molecule has 1 N–H and O–H groups in total. The van der Waals surface area contributed by atoms with Crippen molar-refractivity contribution in [2.45, 2.75) is 6.92 Å². The van der Waals surface area contributed by atoms with Crippen LogP contribution < -0.4 is 10.3 Å². The van der Waals surface area contributed by atoms with Gasteiger partial charge in [0.2, 0.25) is 0 Å². The van der Waals surface area contributed by atoms with Crippen LogP contribution in [0.25, 0.3) is 16.7 Å².